The molecule has 3 aromatic rings. The normalized spacial score (nSPS) is 20.5. The first-order valence-electron chi connectivity index (χ1n) is 10.7. The van der Waals surface area contributed by atoms with Crippen LogP contribution in [0, 0.1) is 5.41 Å². The number of likely N-dealkylation sites (tertiary alicyclic amines) is 1. The Bertz CT molecular complexity index is 1070. The molecule has 4 nitrogen and oxygen atoms in total. The number of fused-ring (bicyclic) bond motifs is 1. The van der Waals surface area contributed by atoms with Crippen molar-refractivity contribution in [2.75, 3.05) is 20.2 Å². The van der Waals surface area contributed by atoms with Gasteiger partial charge in [0.1, 0.15) is 11.4 Å². The second kappa shape index (κ2) is 7.44. The van der Waals surface area contributed by atoms with Crippen LogP contribution in [-0.2, 0) is 12.8 Å². The maximum absolute atomic E-state index is 6.18. The Morgan fingerprint density at radius 1 is 1.07 bits per heavy atom. The van der Waals surface area contributed by atoms with Crippen molar-refractivity contribution in [3.8, 4) is 22.7 Å². The Hall–Kier alpha value is -2.30. The van der Waals surface area contributed by atoms with Crippen molar-refractivity contribution in [3.63, 3.8) is 0 Å². The zero-order valence-electron chi connectivity index (χ0n) is 17.9. The van der Waals surface area contributed by atoms with E-state index in [0.29, 0.717) is 11.5 Å². The van der Waals surface area contributed by atoms with Crippen molar-refractivity contribution >= 4 is 11.6 Å². The number of nitrogens with zero attached hydrogens (tertiary/aromatic N) is 3. The van der Waals surface area contributed by atoms with Crippen molar-refractivity contribution in [2.45, 2.75) is 39.2 Å². The van der Waals surface area contributed by atoms with Gasteiger partial charge in [-0.3, -0.25) is 4.90 Å². The summed E-state index contributed by atoms with van der Waals surface area (Å²) >= 11 is 6.18. The van der Waals surface area contributed by atoms with Gasteiger partial charge in [-0.15, -0.1) is 0 Å². The quantitative estimate of drug-likeness (QED) is 0.565. The zero-order chi connectivity index (χ0) is 20.9. The average molecular weight is 422 g/mol. The number of methoxy groups -OCH3 is 1. The van der Waals surface area contributed by atoms with Gasteiger partial charge in [0.2, 0.25) is 0 Å². The van der Waals surface area contributed by atoms with E-state index in [1.807, 2.05) is 30.3 Å². The minimum atomic E-state index is 0.413. The van der Waals surface area contributed by atoms with Crippen LogP contribution >= 0.6 is 11.6 Å². The molecule has 1 atom stereocenters. The number of aromatic nitrogens is 2. The second-order valence-electron chi connectivity index (χ2n) is 9.31. The summed E-state index contributed by atoms with van der Waals surface area (Å²) in [4.78, 5) is 2.67. The number of halogens is 1. The fourth-order valence-corrected chi connectivity index (χ4v) is 5.14. The molecule has 2 heterocycles. The summed E-state index contributed by atoms with van der Waals surface area (Å²) in [5, 5.41) is 5.85. The van der Waals surface area contributed by atoms with Gasteiger partial charge in [-0.25, -0.2) is 4.68 Å². The van der Waals surface area contributed by atoms with Crippen LogP contribution in [0.2, 0.25) is 5.02 Å². The van der Waals surface area contributed by atoms with E-state index >= 15 is 0 Å². The predicted octanol–water partition coefficient (Wildman–Crippen LogP) is 5.40. The van der Waals surface area contributed by atoms with Crippen LogP contribution in [0.4, 0.5) is 0 Å². The highest BCUT2D eigenvalue weighted by molar-refractivity contribution is 6.30. The standard InChI is InChI=1S/C25H28ClN3O/c1-25(2)12-13-28(16-25)19-14-20-21(15-19)27-29(22-6-4-5-7-23(22)30-3)24(20)17-8-10-18(26)11-9-17/h4-11,19H,12-16H2,1-3H3. The zero-order valence-corrected chi connectivity index (χ0v) is 18.6. The lowest BCUT2D eigenvalue weighted by atomic mass is 9.93. The van der Waals surface area contributed by atoms with E-state index in [2.05, 4.69) is 41.6 Å². The molecule has 1 saturated heterocycles. The molecule has 1 aliphatic carbocycles. The van der Waals surface area contributed by atoms with E-state index in [4.69, 9.17) is 21.4 Å². The first-order chi connectivity index (χ1) is 14.4. The molecule has 0 radical (unpaired) electrons. The maximum atomic E-state index is 6.18. The molecule has 5 rings (SSSR count). The largest absolute Gasteiger partial charge is 0.494 e. The Morgan fingerprint density at radius 3 is 2.53 bits per heavy atom. The molecule has 2 aromatic carbocycles. The molecule has 0 amide bonds. The Labute approximate surface area is 183 Å². The second-order valence-corrected chi connectivity index (χ2v) is 9.75. The SMILES string of the molecule is COc1ccccc1-n1nc2c(c1-c1ccc(Cl)cc1)CC(N1CCC(C)(C)C1)C2. The molecule has 30 heavy (non-hydrogen) atoms. The summed E-state index contributed by atoms with van der Waals surface area (Å²) < 4.78 is 7.71. The predicted molar refractivity (Wildman–Crippen MR) is 122 cm³/mol. The van der Waals surface area contributed by atoms with E-state index in [1.54, 1.807) is 7.11 Å². The van der Waals surface area contributed by atoms with Crippen LogP contribution < -0.4 is 4.74 Å². The highest BCUT2D eigenvalue weighted by Gasteiger charge is 2.38. The summed E-state index contributed by atoms with van der Waals surface area (Å²) in [6, 6.07) is 16.7. The molecule has 1 aliphatic heterocycles. The molecule has 2 aliphatic rings. The highest BCUT2D eigenvalue weighted by Crippen LogP contribution is 2.40. The van der Waals surface area contributed by atoms with Crippen LogP contribution in [0.5, 0.6) is 5.75 Å². The summed E-state index contributed by atoms with van der Waals surface area (Å²) in [5.74, 6) is 0.826. The van der Waals surface area contributed by atoms with Gasteiger partial charge in [-0.05, 0) is 49.1 Å². The van der Waals surface area contributed by atoms with Crippen molar-refractivity contribution in [2.24, 2.45) is 5.41 Å². The van der Waals surface area contributed by atoms with Crippen LogP contribution in [-0.4, -0.2) is 40.9 Å². The highest BCUT2D eigenvalue weighted by atomic mass is 35.5. The van der Waals surface area contributed by atoms with Gasteiger partial charge in [-0.2, -0.15) is 5.10 Å². The molecule has 156 valence electrons. The van der Waals surface area contributed by atoms with Gasteiger partial charge in [-0.1, -0.05) is 49.7 Å². The molecular weight excluding hydrogens is 394 g/mol. The van der Waals surface area contributed by atoms with Crippen molar-refractivity contribution in [3.05, 3.63) is 64.8 Å². The molecule has 1 fully saturated rings. The number of rotatable bonds is 4. The van der Waals surface area contributed by atoms with E-state index in [9.17, 15) is 0 Å². The smallest absolute Gasteiger partial charge is 0.144 e. The summed E-state index contributed by atoms with van der Waals surface area (Å²) in [6.45, 7) is 7.11. The van der Waals surface area contributed by atoms with Gasteiger partial charge >= 0.3 is 0 Å². The van der Waals surface area contributed by atoms with Gasteiger partial charge in [0, 0.05) is 35.2 Å². The maximum Gasteiger partial charge on any atom is 0.144 e. The summed E-state index contributed by atoms with van der Waals surface area (Å²) in [5.41, 5.74) is 6.25. The molecule has 1 aromatic heterocycles. The van der Waals surface area contributed by atoms with Gasteiger partial charge in [0.15, 0.2) is 0 Å². The lowest BCUT2D eigenvalue weighted by molar-refractivity contribution is 0.222. The van der Waals surface area contributed by atoms with Crippen molar-refractivity contribution in [1.82, 2.24) is 14.7 Å². The average Bonchev–Trinajstić information content (AvgIpc) is 3.40. The molecule has 0 spiro atoms. The van der Waals surface area contributed by atoms with Crippen LogP contribution in [0.25, 0.3) is 16.9 Å². The number of para-hydroxylation sites is 2. The van der Waals surface area contributed by atoms with E-state index in [-0.39, 0.29) is 0 Å². The summed E-state index contributed by atoms with van der Waals surface area (Å²) in [7, 11) is 1.71. The molecule has 0 bridgehead atoms. The molecular formula is C25H28ClN3O. The molecule has 1 unspecified atom stereocenters. The minimum absolute atomic E-state index is 0.413. The van der Waals surface area contributed by atoms with Crippen LogP contribution in [0.3, 0.4) is 0 Å². The van der Waals surface area contributed by atoms with Gasteiger partial charge in [0.05, 0.1) is 18.5 Å². The monoisotopic (exact) mass is 421 g/mol. The Balaban J connectivity index is 1.58. The third-order valence-corrected chi connectivity index (χ3v) is 6.84. The van der Waals surface area contributed by atoms with Crippen molar-refractivity contribution < 1.29 is 4.74 Å². The summed E-state index contributed by atoms with van der Waals surface area (Å²) in [6.07, 6.45) is 3.32. The third kappa shape index (κ3) is 3.42. The van der Waals surface area contributed by atoms with Crippen molar-refractivity contribution in [1.29, 1.82) is 0 Å². The first kappa shape index (κ1) is 19.7. The fourth-order valence-electron chi connectivity index (χ4n) is 5.01. The van der Waals surface area contributed by atoms with E-state index < -0.39 is 0 Å². The van der Waals surface area contributed by atoms with Crippen LogP contribution in [0.15, 0.2) is 48.5 Å². The molecule has 5 heteroatoms. The first-order valence-corrected chi connectivity index (χ1v) is 11.1. The lowest BCUT2D eigenvalue weighted by Crippen LogP contribution is -2.35. The van der Waals surface area contributed by atoms with Crippen LogP contribution in [0.1, 0.15) is 31.5 Å². The fraction of sp³-hybridized carbons (Fsp3) is 0.400. The molecule has 0 saturated carbocycles. The van der Waals surface area contributed by atoms with E-state index in [1.165, 1.54) is 30.8 Å². The Kier molecular flexibility index (Phi) is 4.87. The number of ether oxygens (including phenoxy) is 1. The lowest BCUT2D eigenvalue weighted by Gasteiger charge is -2.26. The topological polar surface area (TPSA) is 30.3 Å². The third-order valence-electron chi connectivity index (χ3n) is 6.59. The minimum Gasteiger partial charge on any atom is -0.494 e. The van der Waals surface area contributed by atoms with Gasteiger partial charge in [0.25, 0.3) is 0 Å². The number of benzene rings is 2. The van der Waals surface area contributed by atoms with E-state index in [0.717, 1.165) is 40.6 Å². The number of hydrogen-bond acceptors (Lipinski definition) is 3. The molecule has 0 N–H and O–H groups in total. The Morgan fingerprint density at radius 2 is 1.83 bits per heavy atom. The number of hydrogen-bond donors (Lipinski definition) is 0. The van der Waals surface area contributed by atoms with Gasteiger partial charge < -0.3 is 4.74 Å².